The number of carboxylic acid groups (broad SMARTS) is 1. The lowest BCUT2D eigenvalue weighted by Crippen LogP contribution is -2.38. The second kappa shape index (κ2) is 6.27. The predicted molar refractivity (Wildman–Crippen MR) is 67.7 cm³/mol. The summed E-state index contributed by atoms with van der Waals surface area (Å²) in [5.41, 5.74) is -1.29. The molecule has 0 amide bonds. The average Bonchev–Trinajstić information content (AvgIpc) is 2.37. The fourth-order valence-corrected chi connectivity index (χ4v) is 1.77. The van der Waals surface area contributed by atoms with Gasteiger partial charge in [-0.3, -0.25) is 14.9 Å². The van der Waals surface area contributed by atoms with Crippen LogP contribution in [0, 0.1) is 21.7 Å². The maximum Gasteiger partial charge on any atom is 0.323 e. The van der Waals surface area contributed by atoms with Crippen LogP contribution in [-0.4, -0.2) is 28.6 Å². The Kier molecular flexibility index (Phi) is 4.95. The summed E-state index contributed by atoms with van der Waals surface area (Å²) in [6.45, 7) is 2.63. The van der Waals surface area contributed by atoms with E-state index in [9.17, 15) is 23.7 Å². The number of rotatable bonds is 6. The van der Waals surface area contributed by atoms with Gasteiger partial charge in [-0.1, -0.05) is 6.92 Å². The highest BCUT2D eigenvalue weighted by Crippen LogP contribution is 2.34. The van der Waals surface area contributed by atoms with Gasteiger partial charge < -0.3 is 10.0 Å². The molecular formula is C12H14F2N2O4. The first-order valence-electron chi connectivity index (χ1n) is 5.90. The van der Waals surface area contributed by atoms with Gasteiger partial charge in [0.2, 0.25) is 0 Å². The monoisotopic (exact) mass is 288 g/mol. The maximum atomic E-state index is 13.9. The van der Waals surface area contributed by atoms with Crippen LogP contribution < -0.4 is 4.90 Å². The van der Waals surface area contributed by atoms with E-state index in [1.165, 1.54) is 0 Å². The van der Waals surface area contributed by atoms with E-state index in [0.717, 1.165) is 11.0 Å². The van der Waals surface area contributed by atoms with Crippen LogP contribution in [0.2, 0.25) is 0 Å². The van der Waals surface area contributed by atoms with Crippen LogP contribution in [0.1, 0.15) is 20.3 Å². The van der Waals surface area contributed by atoms with E-state index in [0.29, 0.717) is 12.5 Å². The number of hydrogen-bond acceptors (Lipinski definition) is 4. The van der Waals surface area contributed by atoms with E-state index in [1.54, 1.807) is 13.8 Å². The van der Waals surface area contributed by atoms with Gasteiger partial charge in [-0.05, 0) is 19.4 Å². The molecule has 0 saturated heterocycles. The number of nitrogens with zero attached hydrogens (tertiary/aromatic N) is 2. The number of hydrogen-bond donors (Lipinski definition) is 1. The molecule has 20 heavy (non-hydrogen) atoms. The van der Waals surface area contributed by atoms with Crippen molar-refractivity contribution in [3.63, 3.8) is 0 Å². The summed E-state index contributed by atoms with van der Waals surface area (Å²) < 4.78 is 27.2. The van der Waals surface area contributed by atoms with E-state index in [4.69, 9.17) is 5.11 Å². The van der Waals surface area contributed by atoms with Crippen LogP contribution in [0.25, 0.3) is 0 Å². The third-order valence-corrected chi connectivity index (χ3v) is 2.96. The largest absolute Gasteiger partial charge is 0.480 e. The second-order valence-corrected chi connectivity index (χ2v) is 4.27. The van der Waals surface area contributed by atoms with Crippen molar-refractivity contribution in [2.45, 2.75) is 26.3 Å². The molecule has 0 bridgehead atoms. The standard InChI is InChI=1S/C12H14F2N2O4/c1-3-7(2)15(6-10(17)18)12-9(16(19)20)5-4-8(13)11(12)14/h4-5,7H,3,6H2,1-2H3,(H,17,18). The minimum Gasteiger partial charge on any atom is -0.480 e. The highest BCUT2D eigenvalue weighted by atomic mass is 19.2. The molecule has 0 aliphatic rings. The van der Waals surface area contributed by atoms with Crippen molar-refractivity contribution in [1.82, 2.24) is 0 Å². The van der Waals surface area contributed by atoms with Crippen LogP contribution in [0.5, 0.6) is 0 Å². The van der Waals surface area contributed by atoms with Gasteiger partial charge in [0.25, 0.3) is 5.69 Å². The van der Waals surface area contributed by atoms with Crippen LogP contribution >= 0.6 is 0 Å². The van der Waals surface area contributed by atoms with Gasteiger partial charge in [-0.2, -0.15) is 0 Å². The zero-order valence-corrected chi connectivity index (χ0v) is 11.0. The van der Waals surface area contributed by atoms with E-state index in [-0.39, 0.29) is 0 Å². The average molecular weight is 288 g/mol. The molecule has 110 valence electrons. The van der Waals surface area contributed by atoms with E-state index in [2.05, 4.69) is 0 Å². The number of nitro benzene ring substituents is 1. The number of aliphatic carboxylic acids is 1. The number of nitro groups is 1. The summed E-state index contributed by atoms with van der Waals surface area (Å²) in [7, 11) is 0. The number of anilines is 1. The molecule has 1 rings (SSSR count). The highest BCUT2D eigenvalue weighted by Gasteiger charge is 2.30. The van der Waals surface area contributed by atoms with Gasteiger partial charge in [-0.15, -0.1) is 0 Å². The Morgan fingerprint density at radius 1 is 1.50 bits per heavy atom. The zero-order valence-electron chi connectivity index (χ0n) is 11.0. The third-order valence-electron chi connectivity index (χ3n) is 2.96. The third kappa shape index (κ3) is 3.19. The molecule has 6 nitrogen and oxygen atoms in total. The minimum absolute atomic E-state index is 0.417. The van der Waals surface area contributed by atoms with Crippen LogP contribution in [-0.2, 0) is 4.79 Å². The van der Waals surface area contributed by atoms with Crippen molar-refractivity contribution in [2.24, 2.45) is 0 Å². The number of carbonyl (C=O) groups is 1. The summed E-state index contributed by atoms with van der Waals surface area (Å²) in [5, 5.41) is 19.8. The molecule has 0 spiro atoms. The molecular weight excluding hydrogens is 274 g/mol. The summed E-state index contributed by atoms with van der Waals surface area (Å²) in [5.74, 6) is -3.96. The molecule has 0 heterocycles. The lowest BCUT2D eigenvalue weighted by molar-refractivity contribution is -0.384. The number of benzene rings is 1. The Morgan fingerprint density at radius 3 is 2.55 bits per heavy atom. The van der Waals surface area contributed by atoms with Crippen molar-refractivity contribution >= 4 is 17.3 Å². The molecule has 0 aliphatic carbocycles. The Morgan fingerprint density at radius 2 is 2.10 bits per heavy atom. The van der Waals surface area contributed by atoms with Gasteiger partial charge in [0.05, 0.1) is 4.92 Å². The quantitative estimate of drug-likeness (QED) is 0.642. The Hall–Kier alpha value is -2.25. The van der Waals surface area contributed by atoms with Crippen molar-refractivity contribution in [3.05, 3.63) is 33.9 Å². The van der Waals surface area contributed by atoms with Crippen molar-refractivity contribution in [3.8, 4) is 0 Å². The van der Waals surface area contributed by atoms with Crippen molar-refractivity contribution < 1.29 is 23.6 Å². The molecule has 0 saturated carbocycles. The molecule has 1 N–H and O–H groups in total. The number of halogens is 2. The first-order chi connectivity index (χ1) is 9.29. The predicted octanol–water partition coefficient (Wildman–Crippen LogP) is 2.56. The Labute approximate surface area is 113 Å². The molecule has 1 unspecified atom stereocenters. The smallest absolute Gasteiger partial charge is 0.323 e. The van der Waals surface area contributed by atoms with Gasteiger partial charge >= 0.3 is 5.97 Å². The molecule has 0 radical (unpaired) electrons. The van der Waals surface area contributed by atoms with Gasteiger partial charge in [-0.25, -0.2) is 8.78 Å². The van der Waals surface area contributed by atoms with Crippen LogP contribution in [0.3, 0.4) is 0 Å². The molecule has 8 heteroatoms. The Balaban J connectivity index is 3.48. The van der Waals surface area contributed by atoms with Crippen molar-refractivity contribution in [1.29, 1.82) is 0 Å². The summed E-state index contributed by atoms with van der Waals surface area (Å²) in [6, 6.07) is 0.971. The molecule has 1 aromatic rings. The molecule has 1 atom stereocenters. The molecule has 0 aliphatic heterocycles. The molecule has 0 fully saturated rings. The SMILES string of the molecule is CCC(C)N(CC(=O)O)c1c([N+](=O)[O-])ccc(F)c1F. The molecule has 0 aromatic heterocycles. The summed E-state index contributed by atoms with van der Waals surface area (Å²) >= 11 is 0. The van der Waals surface area contributed by atoms with Gasteiger partial charge in [0.1, 0.15) is 6.54 Å². The lowest BCUT2D eigenvalue weighted by Gasteiger charge is -2.28. The van der Waals surface area contributed by atoms with E-state index < -0.39 is 46.5 Å². The van der Waals surface area contributed by atoms with Gasteiger partial charge in [0.15, 0.2) is 17.3 Å². The summed E-state index contributed by atoms with van der Waals surface area (Å²) in [4.78, 5) is 21.9. The maximum absolute atomic E-state index is 13.9. The number of carboxylic acids is 1. The van der Waals surface area contributed by atoms with Gasteiger partial charge in [0, 0.05) is 12.1 Å². The normalized spacial score (nSPS) is 12.0. The zero-order chi connectivity index (χ0) is 15.4. The minimum atomic E-state index is -1.42. The highest BCUT2D eigenvalue weighted by molar-refractivity contribution is 5.76. The topological polar surface area (TPSA) is 83.7 Å². The van der Waals surface area contributed by atoms with E-state index >= 15 is 0 Å². The van der Waals surface area contributed by atoms with Crippen LogP contribution in [0.15, 0.2) is 12.1 Å². The first kappa shape index (κ1) is 15.8. The fraction of sp³-hybridized carbons (Fsp3) is 0.417. The van der Waals surface area contributed by atoms with Crippen LogP contribution in [0.4, 0.5) is 20.2 Å². The fourth-order valence-electron chi connectivity index (χ4n) is 1.77. The second-order valence-electron chi connectivity index (χ2n) is 4.27. The van der Waals surface area contributed by atoms with E-state index in [1.807, 2.05) is 0 Å². The first-order valence-corrected chi connectivity index (χ1v) is 5.90. The molecule has 1 aromatic carbocycles. The lowest BCUT2D eigenvalue weighted by atomic mass is 10.1. The Bertz CT molecular complexity index is 536. The van der Waals surface area contributed by atoms with Crippen molar-refractivity contribution in [2.75, 3.05) is 11.4 Å². The summed E-state index contributed by atoms with van der Waals surface area (Å²) in [6.07, 6.45) is 0.417.